The molecule has 0 bridgehead atoms. The van der Waals surface area contributed by atoms with Crippen LogP contribution in [0.15, 0.2) is 30.6 Å². The third kappa shape index (κ3) is 2.36. The first-order valence-corrected chi connectivity index (χ1v) is 6.74. The summed E-state index contributed by atoms with van der Waals surface area (Å²) in [5.74, 6) is 1.03. The van der Waals surface area contributed by atoms with Crippen LogP contribution >= 0.6 is 0 Å². The Balaban J connectivity index is 1.95. The summed E-state index contributed by atoms with van der Waals surface area (Å²) < 4.78 is 0. The van der Waals surface area contributed by atoms with Crippen LogP contribution in [0.4, 0.5) is 0 Å². The molecule has 0 saturated heterocycles. The third-order valence-electron chi connectivity index (χ3n) is 3.81. The van der Waals surface area contributed by atoms with Crippen LogP contribution in [-0.4, -0.2) is 15.0 Å². The highest BCUT2D eigenvalue weighted by molar-refractivity contribution is 5.29. The summed E-state index contributed by atoms with van der Waals surface area (Å²) in [6, 6.07) is 5.97. The molecule has 2 aromatic rings. The van der Waals surface area contributed by atoms with Crippen LogP contribution in [0.1, 0.15) is 47.6 Å². The second kappa shape index (κ2) is 5.05. The van der Waals surface area contributed by atoms with Crippen molar-refractivity contribution in [2.75, 3.05) is 0 Å². The van der Waals surface area contributed by atoms with Gasteiger partial charge in [-0.1, -0.05) is 6.07 Å². The minimum Gasteiger partial charge on any atom is -0.322 e. The van der Waals surface area contributed by atoms with Crippen LogP contribution in [0.2, 0.25) is 0 Å². The number of pyridine rings is 1. The predicted molar refractivity (Wildman–Crippen MR) is 73.6 cm³/mol. The molecule has 1 aliphatic rings. The normalized spacial score (nSPS) is 19.8. The smallest absolute Gasteiger partial charge is 0.125 e. The summed E-state index contributed by atoms with van der Waals surface area (Å²) in [5, 5.41) is 0. The second-order valence-electron chi connectivity index (χ2n) is 5.10. The molecule has 0 spiro atoms. The number of fused-ring (bicyclic) bond motifs is 1. The van der Waals surface area contributed by atoms with Gasteiger partial charge < -0.3 is 5.73 Å². The van der Waals surface area contributed by atoms with E-state index in [0.717, 1.165) is 30.1 Å². The fourth-order valence-corrected chi connectivity index (χ4v) is 2.86. The highest BCUT2D eigenvalue weighted by atomic mass is 14.9. The summed E-state index contributed by atoms with van der Waals surface area (Å²) in [4.78, 5) is 13.1. The van der Waals surface area contributed by atoms with Gasteiger partial charge in [-0.2, -0.15) is 0 Å². The number of nitrogens with two attached hydrogens (primary N) is 1. The molecule has 0 radical (unpaired) electrons. The van der Waals surface area contributed by atoms with Crippen LogP contribution in [0.25, 0.3) is 0 Å². The summed E-state index contributed by atoms with van der Waals surface area (Å²) >= 11 is 0. The highest BCUT2D eigenvalue weighted by Gasteiger charge is 2.28. The number of aryl methyl sites for hydroxylation is 2. The van der Waals surface area contributed by atoms with Crippen molar-refractivity contribution in [3.8, 4) is 0 Å². The van der Waals surface area contributed by atoms with Crippen molar-refractivity contribution in [3.63, 3.8) is 0 Å². The van der Waals surface area contributed by atoms with E-state index in [1.54, 1.807) is 6.20 Å². The Kier molecular flexibility index (Phi) is 3.25. The quantitative estimate of drug-likeness (QED) is 0.893. The van der Waals surface area contributed by atoms with E-state index >= 15 is 0 Å². The maximum Gasteiger partial charge on any atom is 0.125 e. The van der Waals surface area contributed by atoms with E-state index < -0.39 is 0 Å². The molecule has 4 nitrogen and oxygen atoms in total. The molecule has 2 aromatic heterocycles. The molecular weight excluding hydrogens is 236 g/mol. The first-order chi connectivity index (χ1) is 9.25. The fraction of sp³-hybridized carbons (Fsp3) is 0.400. The Morgan fingerprint density at radius 1 is 1.26 bits per heavy atom. The highest BCUT2D eigenvalue weighted by Crippen LogP contribution is 2.37. The van der Waals surface area contributed by atoms with Crippen LogP contribution in [-0.2, 0) is 6.42 Å². The molecular formula is C15H18N4. The van der Waals surface area contributed by atoms with E-state index in [-0.39, 0.29) is 12.0 Å². The molecule has 2 heterocycles. The first kappa shape index (κ1) is 12.2. The number of hydrogen-bond donors (Lipinski definition) is 1. The number of nitrogens with zero attached hydrogens (tertiary/aromatic N) is 3. The SMILES string of the molecule is Cc1nccc(C(N)C2CCCc3cccnc32)n1. The first-order valence-electron chi connectivity index (χ1n) is 6.74. The van der Waals surface area contributed by atoms with Gasteiger partial charge in [0.2, 0.25) is 0 Å². The van der Waals surface area contributed by atoms with Crippen molar-refractivity contribution in [1.82, 2.24) is 15.0 Å². The lowest BCUT2D eigenvalue weighted by atomic mass is 9.81. The van der Waals surface area contributed by atoms with E-state index in [1.807, 2.05) is 25.3 Å². The Labute approximate surface area is 113 Å². The van der Waals surface area contributed by atoms with E-state index in [1.165, 1.54) is 12.0 Å². The summed E-state index contributed by atoms with van der Waals surface area (Å²) in [6.07, 6.45) is 6.99. The molecule has 3 rings (SSSR count). The third-order valence-corrected chi connectivity index (χ3v) is 3.81. The summed E-state index contributed by atoms with van der Waals surface area (Å²) in [6.45, 7) is 1.89. The van der Waals surface area contributed by atoms with E-state index in [0.29, 0.717) is 0 Å². The molecule has 0 saturated carbocycles. The molecule has 2 atom stereocenters. The van der Waals surface area contributed by atoms with Crippen molar-refractivity contribution in [2.24, 2.45) is 5.73 Å². The van der Waals surface area contributed by atoms with Gasteiger partial charge in [-0.15, -0.1) is 0 Å². The van der Waals surface area contributed by atoms with Gasteiger partial charge in [0.05, 0.1) is 11.7 Å². The van der Waals surface area contributed by atoms with Gasteiger partial charge in [-0.25, -0.2) is 9.97 Å². The van der Waals surface area contributed by atoms with Gasteiger partial charge in [0.25, 0.3) is 0 Å². The summed E-state index contributed by atoms with van der Waals surface area (Å²) in [5.41, 5.74) is 9.82. The van der Waals surface area contributed by atoms with Gasteiger partial charge in [-0.05, 0) is 43.9 Å². The van der Waals surface area contributed by atoms with Crippen molar-refractivity contribution in [2.45, 2.75) is 38.1 Å². The zero-order valence-electron chi connectivity index (χ0n) is 11.1. The predicted octanol–water partition coefficient (Wildman–Crippen LogP) is 2.30. The Morgan fingerprint density at radius 2 is 2.16 bits per heavy atom. The average molecular weight is 254 g/mol. The standard InChI is InChI=1S/C15H18N4/c1-10-17-9-7-13(19-10)14(16)12-6-2-4-11-5-3-8-18-15(11)12/h3,5,7-9,12,14H,2,4,6,16H2,1H3. The topological polar surface area (TPSA) is 64.7 Å². The molecule has 0 aromatic carbocycles. The molecule has 0 amide bonds. The van der Waals surface area contributed by atoms with Crippen molar-refractivity contribution in [3.05, 3.63) is 53.4 Å². The molecule has 1 aliphatic carbocycles. The molecule has 2 N–H and O–H groups in total. The maximum atomic E-state index is 6.42. The Hall–Kier alpha value is -1.81. The lowest BCUT2D eigenvalue weighted by Crippen LogP contribution is -2.25. The van der Waals surface area contributed by atoms with Crippen LogP contribution in [0.3, 0.4) is 0 Å². The van der Waals surface area contributed by atoms with Crippen LogP contribution in [0, 0.1) is 6.92 Å². The van der Waals surface area contributed by atoms with Gasteiger partial charge >= 0.3 is 0 Å². The van der Waals surface area contributed by atoms with E-state index in [2.05, 4.69) is 21.0 Å². The van der Waals surface area contributed by atoms with Crippen LogP contribution < -0.4 is 5.73 Å². The number of hydrogen-bond acceptors (Lipinski definition) is 4. The fourth-order valence-electron chi connectivity index (χ4n) is 2.86. The minimum atomic E-state index is -0.101. The Bertz CT molecular complexity index is 582. The summed E-state index contributed by atoms with van der Waals surface area (Å²) in [7, 11) is 0. The molecule has 0 aliphatic heterocycles. The van der Waals surface area contributed by atoms with Crippen LogP contribution in [0.5, 0.6) is 0 Å². The Morgan fingerprint density at radius 3 is 3.00 bits per heavy atom. The minimum absolute atomic E-state index is 0.101. The molecule has 19 heavy (non-hydrogen) atoms. The number of rotatable bonds is 2. The average Bonchev–Trinajstić information content (AvgIpc) is 2.46. The second-order valence-corrected chi connectivity index (χ2v) is 5.10. The van der Waals surface area contributed by atoms with Crippen molar-refractivity contribution in [1.29, 1.82) is 0 Å². The van der Waals surface area contributed by atoms with Crippen molar-refractivity contribution >= 4 is 0 Å². The molecule has 4 heteroatoms. The maximum absolute atomic E-state index is 6.42. The lowest BCUT2D eigenvalue weighted by molar-refractivity contribution is 0.455. The lowest BCUT2D eigenvalue weighted by Gasteiger charge is -2.28. The largest absolute Gasteiger partial charge is 0.322 e. The number of aromatic nitrogens is 3. The monoisotopic (exact) mass is 254 g/mol. The van der Waals surface area contributed by atoms with E-state index in [4.69, 9.17) is 5.73 Å². The molecule has 2 unspecified atom stereocenters. The van der Waals surface area contributed by atoms with Gasteiger partial charge in [0.15, 0.2) is 0 Å². The molecule has 0 fully saturated rings. The van der Waals surface area contributed by atoms with Gasteiger partial charge in [0, 0.05) is 24.0 Å². The van der Waals surface area contributed by atoms with Gasteiger partial charge in [0.1, 0.15) is 5.82 Å². The van der Waals surface area contributed by atoms with Gasteiger partial charge in [-0.3, -0.25) is 4.98 Å². The zero-order valence-corrected chi connectivity index (χ0v) is 11.1. The molecule has 98 valence electrons. The zero-order chi connectivity index (χ0) is 13.2. The van der Waals surface area contributed by atoms with E-state index in [9.17, 15) is 0 Å². The van der Waals surface area contributed by atoms with Crippen molar-refractivity contribution < 1.29 is 0 Å².